The summed E-state index contributed by atoms with van der Waals surface area (Å²) in [4.78, 5) is 20.6. The third-order valence-corrected chi connectivity index (χ3v) is 3.47. The number of carbonyl (C=O) groups is 1. The fourth-order valence-electron chi connectivity index (χ4n) is 2.10. The Balaban J connectivity index is 1.73. The Morgan fingerprint density at radius 1 is 1.17 bits per heavy atom. The number of alkyl halides is 3. The summed E-state index contributed by atoms with van der Waals surface area (Å²) in [6.45, 7) is 1.74. The average molecular weight is 336 g/mol. The Morgan fingerprint density at radius 2 is 1.83 bits per heavy atom. The van der Waals surface area contributed by atoms with Crippen LogP contribution in [0, 0.1) is 6.92 Å². The molecule has 2 N–H and O–H groups in total. The molecule has 1 heterocycles. The van der Waals surface area contributed by atoms with Crippen LogP contribution in [0.1, 0.15) is 34.6 Å². The first kappa shape index (κ1) is 16.2. The lowest BCUT2D eigenvalue weighted by Crippen LogP contribution is -2.16. The van der Waals surface area contributed by atoms with Gasteiger partial charge in [0.25, 0.3) is 5.91 Å². The summed E-state index contributed by atoms with van der Waals surface area (Å²) in [6.07, 6.45) is -2.32. The van der Waals surface area contributed by atoms with E-state index in [4.69, 9.17) is 0 Å². The Kier molecular flexibility index (Phi) is 4.13. The molecule has 1 amide bonds. The molecule has 0 bridgehead atoms. The molecule has 0 atom stereocenters. The molecule has 1 aromatic heterocycles. The highest BCUT2D eigenvalue weighted by Gasteiger charge is 2.30. The van der Waals surface area contributed by atoms with Crippen molar-refractivity contribution < 1.29 is 18.0 Å². The number of carbonyl (C=O) groups excluding carboxylic acids is 1. The number of rotatable bonds is 4. The summed E-state index contributed by atoms with van der Waals surface area (Å²) in [5, 5.41) is 5.65. The quantitative estimate of drug-likeness (QED) is 0.895. The van der Waals surface area contributed by atoms with Gasteiger partial charge in [0.15, 0.2) is 0 Å². The van der Waals surface area contributed by atoms with Gasteiger partial charge in [-0.05, 0) is 50.1 Å². The summed E-state index contributed by atoms with van der Waals surface area (Å²) >= 11 is 0. The highest BCUT2D eigenvalue weighted by molar-refractivity contribution is 6.03. The number of hydrogen-bond donors (Lipinski definition) is 2. The van der Waals surface area contributed by atoms with E-state index < -0.39 is 17.6 Å². The molecule has 2 aromatic rings. The second kappa shape index (κ2) is 6.10. The molecular formula is C16H15F3N4O. The maximum atomic E-state index is 12.5. The van der Waals surface area contributed by atoms with Crippen molar-refractivity contribution in [3.8, 4) is 0 Å². The fraction of sp³-hybridized carbons (Fsp3) is 0.312. The van der Waals surface area contributed by atoms with Crippen LogP contribution in [0.2, 0.25) is 0 Å². The average Bonchev–Trinajstić information content (AvgIpc) is 3.30. The first-order valence-electron chi connectivity index (χ1n) is 7.42. The van der Waals surface area contributed by atoms with Crippen LogP contribution in [-0.2, 0) is 6.18 Å². The third kappa shape index (κ3) is 4.01. The Morgan fingerprint density at radius 3 is 2.42 bits per heavy atom. The topological polar surface area (TPSA) is 66.9 Å². The van der Waals surface area contributed by atoms with Gasteiger partial charge in [-0.2, -0.15) is 13.2 Å². The molecular weight excluding hydrogens is 321 g/mol. The van der Waals surface area contributed by atoms with Crippen molar-refractivity contribution in [1.82, 2.24) is 9.97 Å². The lowest BCUT2D eigenvalue weighted by Gasteiger charge is -2.10. The molecule has 0 spiro atoms. The zero-order valence-corrected chi connectivity index (χ0v) is 12.8. The lowest BCUT2D eigenvalue weighted by atomic mass is 10.2. The number of halogens is 3. The van der Waals surface area contributed by atoms with E-state index in [9.17, 15) is 18.0 Å². The first-order chi connectivity index (χ1) is 11.3. The molecule has 0 radical (unpaired) electrons. The van der Waals surface area contributed by atoms with Crippen LogP contribution in [0.25, 0.3) is 0 Å². The van der Waals surface area contributed by atoms with E-state index in [0.717, 1.165) is 25.0 Å². The van der Waals surface area contributed by atoms with Gasteiger partial charge in [-0.25, -0.2) is 9.97 Å². The van der Waals surface area contributed by atoms with E-state index in [1.165, 1.54) is 18.2 Å². The molecule has 1 aromatic carbocycles. The summed E-state index contributed by atoms with van der Waals surface area (Å²) in [6, 6.07) is 6.12. The van der Waals surface area contributed by atoms with Crippen molar-refractivity contribution in [3.05, 3.63) is 47.3 Å². The Hall–Kier alpha value is -2.64. The van der Waals surface area contributed by atoms with Gasteiger partial charge < -0.3 is 10.6 Å². The van der Waals surface area contributed by atoms with Gasteiger partial charge in [-0.3, -0.25) is 4.79 Å². The number of nitrogens with zero attached hydrogens (tertiary/aromatic N) is 2. The maximum absolute atomic E-state index is 12.5. The van der Waals surface area contributed by atoms with Crippen molar-refractivity contribution in [2.75, 3.05) is 10.6 Å². The number of amides is 1. The van der Waals surface area contributed by atoms with Gasteiger partial charge in [-0.15, -0.1) is 0 Å². The van der Waals surface area contributed by atoms with Gasteiger partial charge in [-0.1, -0.05) is 0 Å². The molecule has 8 heteroatoms. The van der Waals surface area contributed by atoms with Crippen LogP contribution in [-0.4, -0.2) is 21.9 Å². The number of benzene rings is 1. The van der Waals surface area contributed by atoms with Gasteiger partial charge in [0.05, 0.1) is 5.56 Å². The number of hydrogen-bond acceptors (Lipinski definition) is 4. The summed E-state index contributed by atoms with van der Waals surface area (Å²) < 4.78 is 37.6. The normalized spacial score (nSPS) is 14.3. The van der Waals surface area contributed by atoms with Crippen LogP contribution in [0.5, 0.6) is 0 Å². The van der Waals surface area contributed by atoms with E-state index in [-0.39, 0.29) is 11.4 Å². The maximum Gasteiger partial charge on any atom is 0.416 e. The molecule has 5 nitrogen and oxygen atoms in total. The summed E-state index contributed by atoms with van der Waals surface area (Å²) in [5.74, 6) is -0.117. The minimum atomic E-state index is -4.41. The molecule has 3 rings (SSSR count). The highest BCUT2D eigenvalue weighted by atomic mass is 19.4. The monoisotopic (exact) mass is 336 g/mol. The number of anilines is 2. The van der Waals surface area contributed by atoms with E-state index in [1.54, 1.807) is 6.92 Å². The van der Waals surface area contributed by atoms with Crippen LogP contribution in [0.3, 0.4) is 0 Å². The molecule has 1 aliphatic rings. The standard InChI is InChI=1S/C16H15F3N4O/c1-9-8-13(23-15(20-9)22-12-6-7-12)14(24)21-11-4-2-10(3-5-11)16(17,18)19/h2-5,8,12H,6-7H2,1H3,(H,21,24)(H,20,22,23). The van der Waals surface area contributed by atoms with Crippen molar-refractivity contribution >= 4 is 17.5 Å². The molecule has 0 aliphatic heterocycles. The third-order valence-electron chi connectivity index (χ3n) is 3.47. The van der Waals surface area contributed by atoms with E-state index >= 15 is 0 Å². The molecule has 0 saturated heterocycles. The van der Waals surface area contributed by atoms with Crippen LogP contribution >= 0.6 is 0 Å². The molecule has 126 valence electrons. The SMILES string of the molecule is Cc1cc(C(=O)Nc2ccc(C(F)(F)F)cc2)nc(NC2CC2)n1. The van der Waals surface area contributed by atoms with Crippen molar-refractivity contribution in [2.45, 2.75) is 32.0 Å². The van der Waals surface area contributed by atoms with Gasteiger partial charge in [0, 0.05) is 17.4 Å². The predicted molar refractivity (Wildman–Crippen MR) is 82.8 cm³/mol. The van der Waals surface area contributed by atoms with E-state index in [2.05, 4.69) is 20.6 Å². The van der Waals surface area contributed by atoms with Gasteiger partial charge in [0.1, 0.15) is 5.69 Å². The largest absolute Gasteiger partial charge is 0.416 e. The lowest BCUT2D eigenvalue weighted by molar-refractivity contribution is -0.137. The minimum Gasteiger partial charge on any atom is -0.351 e. The highest BCUT2D eigenvalue weighted by Crippen LogP contribution is 2.30. The van der Waals surface area contributed by atoms with E-state index in [0.29, 0.717) is 17.7 Å². The van der Waals surface area contributed by atoms with Crippen molar-refractivity contribution in [2.24, 2.45) is 0 Å². The zero-order chi connectivity index (χ0) is 17.3. The van der Waals surface area contributed by atoms with Crippen molar-refractivity contribution in [1.29, 1.82) is 0 Å². The van der Waals surface area contributed by atoms with Gasteiger partial charge >= 0.3 is 6.18 Å². The van der Waals surface area contributed by atoms with E-state index in [1.807, 2.05) is 0 Å². The van der Waals surface area contributed by atoms with Crippen LogP contribution in [0.4, 0.5) is 24.8 Å². The predicted octanol–water partition coefficient (Wildman–Crippen LogP) is 3.63. The molecule has 24 heavy (non-hydrogen) atoms. The molecule has 1 aliphatic carbocycles. The minimum absolute atomic E-state index is 0.158. The Bertz CT molecular complexity index is 755. The molecule has 1 saturated carbocycles. The number of aryl methyl sites for hydroxylation is 1. The Labute approximate surface area is 136 Å². The number of aromatic nitrogens is 2. The summed E-state index contributed by atoms with van der Waals surface area (Å²) in [5.41, 5.74) is 0.284. The van der Waals surface area contributed by atoms with Crippen LogP contribution in [0.15, 0.2) is 30.3 Å². The molecule has 1 fully saturated rings. The second-order valence-electron chi connectivity index (χ2n) is 5.67. The van der Waals surface area contributed by atoms with Crippen molar-refractivity contribution in [3.63, 3.8) is 0 Å². The zero-order valence-electron chi connectivity index (χ0n) is 12.8. The molecule has 0 unspecified atom stereocenters. The van der Waals surface area contributed by atoms with Crippen LogP contribution < -0.4 is 10.6 Å². The fourth-order valence-corrected chi connectivity index (χ4v) is 2.10. The smallest absolute Gasteiger partial charge is 0.351 e. The summed E-state index contributed by atoms with van der Waals surface area (Å²) in [7, 11) is 0. The second-order valence-corrected chi connectivity index (χ2v) is 5.67. The number of nitrogens with one attached hydrogen (secondary N) is 2. The van der Waals surface area contributed by atoms with Gasteiger partial charge in [0.2, 0.25) is 5.95 Å². The first-order valence-corrected chi connectivity index (χ1v) is 7.42.